The first kappa shape index (κ1) is 11.6. The molecule has 0 radical (unpaired) electrons. The van der Waals surface area contributed by atoms with Gasteiger partial charge in [0.15, 0.2) is 0 Å². The van der Waals surface area contributed by atoms with Gasteiger partial charge in [-0.05, 0) is 16.7 Å². The first-order chi connectivity index (χ1) is 8.20. The Labute approximate surface area is 99.7 Å². The van der Waals surface area contributed by atoms with Crippen molar-refractivity contribution in [2.45, 2.75) is 12.3 Å². The number of carboxylic acid groups (broad SMARTS) is 1. The third-order valence-electron chi connectivity index (χ3n) is 2.86. The Balaban J connectivity index is 2.44. The molecule has 3 nitrogen and oxygen atoms in total. The topological polar surface area (TPSA) is 57.5 Å². The zero-order chi connectivity index (χ0) is 12.3. The molecule has 2 rings (SSSR count). The molecule has 1 atom stereocenters. The Morgan fingerprint density at radius 1 is 1.24 bits per heavy atom. The number of aliphatic carboxylic acids is 1. The van der Waals surface area contributed by atoms with E-state index in [1.54, 1.807) is 0 Å². The lowest BCUT2D eigenvalue weighted by atomic mass is 9.91. The second-order valence-corrected chi connectivity index (χ2v) is 4.07. The van der Waals surface area contributed by atoms with E-state index in [9.17, 15) is 9.90 Å². The predicted octanol–water partition coefficient (Wildman–Crippen LogP) is 2.19. The van der Waals surface area contributed by atoms with Crippen molar-refractivity contribution < 1.29 is 15.0 Å². The fraction of sp³-hybridized carbons (Fsp3) is 0.214. The molecule has 3 heteroatoms. The molecule has 1 aromatic carbocycles. The Hall–Kier alpha value is -1.87. The van der Waals surface area contributed by atoms with Crippen molar-refractivity contribution in [3.63, 3.8) is 0 Å². The lowest BCUT2D eigenvalue weighted by molar-refractivity contribution is -0.137. The Morgan fingerprint density at radius 3 is 2.71 bits per heavy atom. The summed E-state index contributed by atoms with van der Waals surface area (Å²) in [5, 5.41) is 18.1. The predicted molar refractivity (Wildman–Crippen MR) is 65.6 cm³/mol. The van der Waals surface area contributed by atoms with Gasteiger partial charge in [0.05, 0.1) is 13.0 Å². The molecular weight excluding hydrogens is 216 g/mol. The number of fused-ring (bicyclic) bond motifs is 1. The maximum atomic E-state index is 10.9. The third kappa shape index (κ3) is 2.63. The summed E-state index contributed by atoms with van der Waals surface area (Å²) in [6.45, 7) is -0.0688. The van der Waals surface area contributed by atoms with Crippen LogP contribution in [0, 0.1) is 0 Å². The molecule has 2 N–H and O–H groups in total. The van der Waals surface area contributed by atoms with E-state index >= 15 is 0 Å². The van der Waals surface area contributed by atoms with Crippen LogP contribution in [0.2, 0.25) is 0 Å². The average Bonchev–Trinajstić information content (AvgIpc) is 2.49. The van der Waals surface area contributed by atoms with Crippen LogP contribution in [-0.2, 0) is 4.79 Å². The second-order valence-electron chi connectivity index (χ2n) is 4.07. The molecule has 0 fully saturated rings. The molecule has 0 amide bonds. The van der Waals surface area contributed by atoms with Gasteiger partial charge in [-0.3, -0.25) is 4.79 Å². The van der Waals surface area contributed by atoms with E-state index in [-0.39, 0.29) is 18.9 Å². The highest BCUT2D eigenvalue weighted by atomic mass is 16.4. The van der Waals surface area contributed by atoms with E-state index in [0.29, 0.717) is 0 Å². The van der Waals surface area contributed by atoms with Crippen molar-refractivity contribution in [2.24, 2.45) is 0 Å². The van der Waals surface area contributed by atoms with E-state index in [1.807, 2.05) is 42.5 Å². The maximum absolute atomic E-state index is 10.9. The summed E-state index contributed by atoms with van der Waals surface area (Å²) in [6.07, 6.45) is 5.62. The van der Waals surface area contributed by atoms with Crippen LogP contribution in [0.15, 0.2) is 42.0 Å². The van der Waals surface area contributed by atoms with Gasteiger partial charge in [-0.25, -0.2) is 0 Å². The number of allylic oxidation sites excluding steroid dienone is 1. The van der Waals surface area contributed by atoms with Crippen molar-refractivity contribution in [2.75, 3.05) is 6.61 Å². The minimum atomic E-state index is -0.833. The number of hydrogen-bond donors (Lipinski definition) is 2. The normalized spacial score (nSPS) is 18.2. The summed E-state index contributed by atoms with van der Waals surface area (Å²) >= 11 is 0. The smallest absolute Gasteiger partial charge is 0.304 e. The number of carbonyl (C=O) groups is 1. The van der Waals surface area contributed by atoms with Gasteiger partial charge in [-0.1, -0.05) is 42.5 Å². The van der Waals surface area contributed by atoms with Crippen LogP contribution in [0.3, 0.4) is 0 Å². The summed E-state index contributed by atoms with van der Waals surface area (Å²) in [4.78, 5) is 10.9. The number of carboxylic acids is 1. The van der Waals surface area contributed by atoms with E-state index in [1.165, 1.54) is 0 Å². The molecule has 0 aromatic heterocycles. The van der Waals surface area contributed by atoms with Gasteiger partial charge in [-0.2, -0.15) is 0 Å². The molecule has 0 spiro atoms. The second kappa shape index (κ2) is 4.97. The summed E-state index contributed by atoms with van der Waals surface area (Å²) in [5.74, 6) is -1.01. The van der Waals surface area contributed by atoms with Crippen LogP contribution in [0.1, 0.15) is 23.5 Å². The Bertz CT molecular complexity index is 486. The molecule has 0 saturated heterocycles. The van der Waals surface area contributed by atoms with Gasteiger partial charge < -0.3 is 10.2 Å². The lowest BCUT2D eigenvalue weighted by Gasteiger charge is -2.13. The molecule has 1 unspecified atom stereocenters. The van der Waals surface area contributed by atoms with Crippen LogP contribution in [0.25, 0.3) is 6.08 Å². The van der Waals surface area contributed by atoms with E-state index < -0.39 is 5.97 Å². The molecule has 1 aromatic rings. The average molecular weight is 230 g/mol. The monoisotopic (exact) mass is 230 g/mol. The van der Waals surface area contributed by atoms with Crippen LogP contribution >= 0.6 is 0 Å². The Morgan fingerprint density at radius 2 is 2.00 bits per heavy atom. The van der Waals surface area contributed by atoms with E-state index in [4.69, 9.17) is 5.11 Å². The number of rotatable bonds is 3. The van der Waals surface area contributed by atoms with Gasteiger partial charge in [0, 0.05) is 5.92 Å². The SMILES string of the molecule is O=C(O)CC1C=C(CO)C=Cc2ccccc21. The molecule has 0 saturated carbocycles. The van der Waals surface area contributed by atoms with Gasteiger partial charge in [0.25, 0.3) is 0 Å². The van der Waals surface area contributed by atoms with Crippen LogP contribution in [0.4, 0.5) is 0 Å². The van der Waals surface area contributed by atoms with Gasteiger partial charge >= 0.3 is 5.97 Å². The summed E-state index contributed by atoms with van der Waals surface area (Å²) in [6, 6.07) is 7.71. The Kier molecular flexibility index (Phi) is 3.40. The van der Waals surface area contributed by atoms with Gasteiger partial charge in [-0.15, -0.1) is 0 Å². The fourth-order valence-electron chi connectivity index (χ4n) is 2.06. The molecule has 1 aliphatic carbocycles. The summed E-state index contributed by atoms with van der Waals surface area (Å²) in [5.41, 5.74) is 2.76. The van der Waals surface area contributed by atoms with E-state index in [0.717, 1.165) is 16.7 Å². The summed E-state index contributed by atoms with van der Waals surface area (Å²) in [7, 11) is 0. The molecule has 0 bridgehead atoms. The lowest BCUT2D eigenvalue weighted by Crippen LogP contribution is -2.06. The molecule has 17 heavy (non-hydrogen) atoms. The standard InChI is InChI=1S/C14H14O3/c15-9-10-5-6-11-3-1-2-4-13(11)12(7-10)8-14(16)17/h1-7,12,15H,8-9H2,(H,16,17). The number of aliphatic hydroxyl groups is 1. The highest BCUT2D eigenvalue weighted by Gasteiger charge is 2.17. The van der Waals surface area contributed by atoms with Gasteiger partial charge in [0.1, 0.15) is 0 Å². The van der Waals surface area contributed by atoms with Crippen LogP contribution in [-0.4, -0.2) is 22.8 Å². The fourth-order valence-corrected chi connectivity index (χ4v) is 2.06. The number of aliphatic hydroxyl groups excluding tert-OH is 1. The van der Waals surface area contributed by atoms with Crippen molar-refractivity contribution in [3.05, 3.63) is 53.1 Å². The van der Waals surface area contributed by atoms with Crippen LogP contribution in [0.5, 0.6) is 0 Å². The first-order valence-electron chi connectivity index (χ1n) is 5.51. The third-order valence-corrected chi connectivity index (χ3v) is 2.86. The maximum Gasteiger partial charge on any atom is 0.304 e. The minimum Gasteiger partial charge on any atom is -0.481 e. The zero-order valence-electron chi connectivity index (χ0n) is 9.34. The highest BCUT2D eigenvalue weighted by Crippen LogP contribution is 2.29. The number of benzene rings is 1. The van der Waals surface area contributed by atoms with Crippen molar-refractivity contribution in [3.8, 4) is 0 Å². The van der Waals surface area contributed by atoms with Crippen LogP contribution < -0.4 is 0 Å². The van der Waals surface area contributed by atoms with Crippen molar-refractivity contribution in [1.29, 1.82) is 0 Å². The van der Waals surface area contributed by atoms with Crippen molar-refractivity contribution >= 4 is 12.0 Å². The zero-order valence-corrected chi connectivity index (χ0v) is 9.34. The molecule has 0 aliphatic heterocycles. The largest absolute Gasteiger partial charge is 0.481 e. The van der Waals surface area contributed by atoms with Crippen molar-refractivity contribution in [1.82, 2.24) is 0 Å². The molecule has 0 heterocycles. The van der Waals surface area contributed by atoms with Gasteiger partial charge in [0.2, 0.25) is 0 Å². The van der Waals surface area contributed by atoms with E-state index in [2.05, 4.69) is 0 Å². The molecule has 88 valence electrons. The quantitative estimate of drug-likeness (QED) is 0.836. The first-order valence-corrected chi connectivity index (χ1v) is 5.51. The highest BCUT2D eigenvalue weighted by molar-refractivity contribution is 5.70. The molecule has 1 aliphatic rings. The summed E-state index contributed by atoms with van der Waals surface area (Å²) < 4.78 is 0. The minimum absolute atomic E-state index is 0.0438. The number of hydrogen-bond acceptors (Lipinski definition) is 2. The molecular formula is C14H14O3.